The molecule has 2 saturated heterocycles. The normalized spacial score (nSPS) is 21.9. The molecule has 422 valence electrons. The molecule has 11 atom stereocenters. The van der Waals surface area contributed by atoms with Crippen molar-refractivity contribution in [2.45, 2.75) is 167 Å². The maximum Gasteiger partial charge on any atom is 0.253 e. The highest BCUT2D eigenvalue weighted by molar-refractivity contribution is 6.12. The second-order valence-electron chi connectivity index (χ2n) is 22.2. The molecule has 18 heteroatoms. The Kier molecular flexibility index (Phi) is 22.0. The smallest absolute Gasteiger partial charge is 0.253 e. The summed E-state index contributed by atoms with van der Waals surface area (Å²) in [5, 5.41) is 9.12. The van der Waals surface area contributed by atoms with E-state index in [-0.39, 0.29) is 78.0 Å². The summed E-state index contributed by atoms with van der Waals surface area (Å²) < 4.78 is 12.2. The topological polar surface area (TPSA) is 207 Å². The minimum Gasteiger partial charge on any atom is -0.379 e. The van der Waals surface area contributed by atoms with Gasteiger partial charge in [-0.1, -0.05) is 89.9 Å². The summed E-state index contributed by atoms with van der Waals surface area (Å²) in [4.78, 5) is 116. The summed E-state index contributed by atoms with van der Waals surface area (Å²) in [5.74, 6) is -2.71. The van der Waals surface area contributed by atoms with E-state index < -0.39 is 48.2 Å². The van der Waals surface area contributed by atoms with Gasteiger partial charge in [-0.25, -0.2) is 0 Å². The van der Waals surface area contributed by atoms with E-state index in [1.165, 1.54) is 29.1 Å². The second kappa shape index (κ2) is 28.1. The van der Waals surface area contributed by atoms with Crippen LogP contribution in [0, 0.1) is 23.7 Å². The molecule has 2 aromatic carbocycles. The number of likely N-dealkylation sites (tertiary alicyclic amines) is 2. The maximum absolute atomic E-state index is 14.6. The maximum atomic E-state index is 14.6. The first-order valence-electron chi connectivity index (χ1n) is 27.9. The van der Waals surface area contributed by atoms with Crippen LogP contribution < -0.4 is 20.9 Å². The highest BCUT2D eigenvalue weighted by Crippen LogP contribution is 2.41. The van der Waals surface area contributed by atoms with E-state index in [0.717, 1.165) is 30.4 Å². The number of carbonyl (C=O) groups is 8. The van der Waals surface area contributed by atoms with Crippen LogP contribution in [0.1, 0.15) is 116 Å². The van der Waals surface area contributed by atoms with Crippen molar-refractivity contribution in [1.82, 2.24) is 35.6 Å². The molecule has 2 bridgehead atoms. The van der Waals surface area contributed by atoms with Crippen LogP contribution in [-0.4, -0.2) is 164 Å². The molecule has 0 spiro atoms. The fraction of sp³-hybridized carbons (Fsp3) is 0.627. The first-order valence-corrected chi connectivity index (χ1v) is 27.9. The summed E-state index contributed by atoms with van der Waals surface area (Å²) >= 11 is 0. The summed E-state index contributed by atoms with van der Waals surface area (Å²) in [6.07, 6.45) is 8.71. The number of likely N-dealkylation sites (N-methyl/N-ethyl adjacent to an activating group) is 3. The largest absolute Gasteiger partial charge is 0.379 e. The van der Waals surface area contributed by atoms with Crippen LogP contribution in [0.15, 0.2) is 66.7 Å². The van der Waals surface area contributed by atoms with Gasteiger partial charge >= 0.3 is 0 Å². The highest BCUT2D eigenvalue weighted by atomic mass is 16.5. The average molecular weight is 1070 g/mol. The number of hydrogen-bond acceptors (Lipinski definition) is 11. The lowest BCUT2D eigenvalue weighted by Gasteiger charge is -2.41. The molecule has 3 heterocycles. The van der Waals surface area contributed by atoms with Crippen molar-refractivity contribution in [3.8, 4) is 0 Å². The molecule has 1 saturated carbocycles. The Morgan fingerprint density at radius 3 is 2.10 bits per heavy atom. The van der Waals surface area contributed by atoms with Gasteiger partial charge in [0, 0.05) is 84.7 Å². The summed E-state index contributed by atoms with van der Waals surface area (Å²) in [6.45, 7) is 10.8. The monoisotopic (exact) mass is 1070 g/mol. The van der Waals surface area contributed by atoms with Crippen molar-refractivity contribution in [3.05, 3.63) is 77.9 Å². The van der Waals surface area contributed by atoms with Crippen LogP contribution in [0.2, 0.25) is 0 Å². The van der Waals surface area contributed by atoms with Crippen molar-refractivity contribution in [1.29, 1.82) is 0 Å². The van der Waals surface area contributed by atoms with Gasteiger partial charge in [-0.15, -0.1) is 0 Å². The van der Waals surface area contributed by atoms with Crippen molar-refractivity contribution in [3.63, 3.8) is 0 Å². The van der Waals surface area contributed by atoms with Gasteiger partial charge in [-0.2, -0.15) is 0 Å². The molecule has 3 unspecified atom stereocenters. The van der Waals surface area contributed by atoms with Crippen LogP contribution >= 0.6 is 0 Å². The Balaban J connectivity index is 1.06. The van der Waals surface area contributed by atoms with E-state index in [1.54, 1.807) is 50.1 Å². The lowest BCUT2D eigenvalue weighted by molar-refractivity contribution is -0.148. The number of fused-ring (bicyclic) bond motifs is 2. The van der Waals surface area contributed by atoms with Crippen LogP contribution in [0.25, 0.3) is 0 Å². The number of piperidine rings is 1. The van der Waals surface area contributed by atoms with E-state index in [4.69, 9.17) is 9.47 Å². The highest BCUT2D eigenvalue weighted by Gasteiger charge is 2.49. The van der Waals surface area contributed by atoms with Gasteiger partial charge in [0.25, 0.3) is 11.8 Å². The Bertz CT molecular complexity index is 2380. The van der Waals surface area contributed by atoms with Gasteiger partial charge in [0.05, 0.1) is 42.7 Å². The fourth-order valence-electron chi connectivity index (χ4n) is 12.1. The van der Waals surface area contributed by atoms with Crippen LogP contribution in [0.3, 0.4) is 0 Å². The molecule has 18 nitrogen and oxygen atoms in total. The zero-order chi connectivity index (χ0) is 56.1. The third-order valence-corrected chi connectivity index (χ3v) is 16.9. The average Bonchev–Trinajstić information content (AvgIpc) is 4.27. The van der Waals surface area contributed by atoms with Gasteiger partial charge in [0.15, 0.2) is 0 Å². The molecule has 1 aliphatic carbocycles. The molecule has 77 heavy (non-hydrogen) atoms. The Hall–Kier alpha value is -5.98. The number of methoxy groups -OCH3 is 2. The molecule has 0 radical (unpaired) electrons. The zero-order valence-corrected chi connectivity index (χ0v) is 47.2. The van der Waals surface area contributed by atoms with Gasteiger partial charge in [-0.3, -0.25) is 48.2 Å². The van der Waals surface area contributed by atoms with Crippen molar-refractivity contribution in [2.75, 3.05) is 53.4 Å². The molecule has 6 rings (SSSR count). The van der Waals surface area contributed by atoms with Crippen molar-refractivity contribution in [2.24, 2.45) is 23.7 Å². The molecule has 3 fully saturated rings. The number of imide groups is 1. The number of benzene rings is 2. The number of ether oxygens (including phenoxy) is 2. The quantitative estimate of drug-likeness (QED) is 0.0762. The predicted octanol–water partition coefficient (Wildman–Crippen LogP) is 5.02. The molecular weight excluding hydrogens is 981 g/mol. The van der Waals surface area contributed by atoms with Crippen LogP contribution in [0.4, 0.5) is 5.69 Å². The number of amides is 8. The van der Waals surface area contributed by atoms with Gasteiger partial charge in [-0.05, 0) is 93.0 Å². The molecule has 2 aromatic rings. The minimum absolute atomic E-state index is 0.0183. The van der Waals surface area contributed by atoms with Gasteiger partial charge in [0.1, 0.15) is 12.1 Å². The number of anilines is 1. The lowest BCUT2D eigenvalue weighted by Crippen LogP contribution is -2.60. The van der Waals surface area contributed by atoms with Crippen molar-refractivity contribution < 1.29 is 47.8 Å². The molecule has 4 aliphatic rings. The molecule has 0 aromatic heterocycles. The van der Waals surface area contributed by atoms with Gasteiger partial charge < -0.3 is 40.1 Å². The molecule has 8 amide bonds. The Morgan fingerprint density at radius 1 is 0.805 bits per heavy atom. The third-order valence-electron chi connectivity index (χ3n) is 16.9. The van der Waals surface area contributed by atoms with Gasteiger partial charge in [0.2, 0.25) is 35.4 Å². The molecule has 3 N–H and O–H groups in total. The number of nitrogens with zero attached hydrogens (tertiary/aromatic N) is 5. The number of unbranched alkanes of at least 4 members (excludes halogenated alkanes) is 2. The summed E-state index contributed by atoms with van der Waals surface area (Å²) in [7, 11) is 8.50. The van der Waals surface area contributed by atoms with Crippen molar-refractivity contribution >= 4 is 52.9 Å². The van der Waals surface area contributed by atoms with E-state index in [0.29, 0.717) is 76.3 Å². The Morgan fingerprint density at radius 2 is 1.49 bits per heavy atom. The third kappa shape index (κ3) is 15.0. The number of nitrogens with one attached hydrogen (secondary N) is 3. The lowest BCUT2D eigenvalue weighted by atomic mass is 9.89. The molecular formula is C59H86N8O10. The van der Waals surface area contributed by atoms with E-state index >= 15 is 0 Å². The SMILES string of the molecule is CC[C@H](C)[C@@H]([C@@H](CC(=O)N1CCCC1[C@H](OC)[C@@H](C)C(=O)NC(Cc1ccccc1)C(=O)N(C)c1ccc(CNC(=O)CCCCCN2C(=O)C=CC2=O)cc1)OC)N(C)C(=O)C(NC(=O)[C@@H]1[C@H]2CC[C@H](C2)N1C)C(C)C. The standard InChI is InChI=1S/C59H86N8O10/c1-11-38(4)53(65(8)59(75)52(37(2)3)62-57(73)54-42-25-28-44(34-42)63(54)6)47(76-9)35-51(71)66-32-18-21-46(66)55(77-10)39(5)56(72)61-45(33-40-19-14-12-15-20-40)58(74)64(7)43-26-23-41(24-27-43)36-60-48(68)22-16-13-17-31-67-49(69)29-30-50(67)70/h12,14-15,19-20,23-24,26-27,29-30,37-39,42,44-47,52-55H,11,13,16-18,21-22,25,28,31-36H2,1-10H3,(H,60,68)(H,61,72)(H,62,73)/t38-,39+,42-,44+,45?,46?,47+,52?,53-,54-,55+/m0/s1. The first-order chi connectivity index (χ1) is 36.8. The zero-order valence-electron chi connectivity index (χ0n) is 47.2. The number of rotatable bonds is 28. The van der Waals surface area contributed by atoms with Crippen LogP contribution in [0.5, 0.6) is 0 Å². The van der Waals surface area contributed by atoms with E-state index in [2.05, 4.69) is 20.9 Å². The number of hydrogen-bond donors (Lipinski definition) is 3. The Labute approximate surface area is 456 Å². The van der Waals surface area contributed by atoms with E-state index in [1.807, 2.05) is 77.2 Å². The van der Waals surface area contributed by atoms with E-state index in [9.17, 15) is 38.4 Å². The van der Waals surface area contributed by atoms with Crippen LogP contribution in [-0.2, 0) is 60.8 Å². The second-order valence-corrected chi connectivity index (χ2v) is 22.2. The minimum atomic E-state index is -0.953. The summed E-state index contributed by atoms with van der Waals surface area (Å²) in [6, 6.07) is 14.2. The predicted molar refractivity (Wildman–Crippen MR) is 294 cm³/mol. The fourth-order valence-corrected chi connectivity index (χ4v) is 12.1. The summed E-state index contributed by atoms with van der Waals surface area (Å²) in [5.41, 5.74) is 2.28. The number of carbonyl (C=O) groups excluding carboxylic acids is 8. The molecule has 3 aliphatic heterocycles. The first kappa shape index (κ1) is 60.3.